The van der Waals surface area contributed by atoms with E-state index in [1.807, 2.05) is 12.1 Å². The molecule has 0 unspecified atom stereocenters. The number of hydrogen-bond donors (Lipinski definition) is 2. The van der Waals surface area contributed by atoms with Gasteiger partial charge in [0.2, 0.25) is 5.95 Å². The lowest BCUT2D eigenvalue weighted by Gasteiger charge is -2.26. The third-order valence-corrected chi connectivity index (χ3v) is 4.17. The number of rotatable bonds is 5. The summed E-state index contributed by atoms with van der Waals surface area (Å²) in [5.74, 6) is 1.05. The summed E-state index contributed by atoms with van der Waals surface area (Å²) in [6.07, 6.45) is 5.10. The van der Waals surface area contributed by atoms with E-state index < -0.39 is 0 Å². The third-order valence-electron chi connectivity index (χ3n) is 4.17. The van der Waals surface area contributed by atoms with Gasteiger partial charge in [-0.15, -0.1) is 5.10 Å². The zero-order valence-electron chi connectivity index (χ0n) is 13.8. The summed E-state index contributed by atoms with van der Waals surface area (Å²) in [6, 6.07) is 3.87. The molecule has 9 nitrogen and oxygen atoms in total. The van der Waals surface area contributed by atoms with Gasteiger partial charge in [0.15, 0.2) is 5.65 Å². The zero-order chi connectivity index (χ0) is 17.1. The highest BCUT2D eigenvalue weighted by atomic mass is 16.5. The van der Waals surface area contributed by atoms with E-state index in [9.17, 15) is 0 Å². The molecule has 0 bridgehead atoms. The first-order valence-corrected chi connectivity index (χ1v) is 8.26. The number of aromatic nitrogens is 5. The summed E-state index contributed by atoms with van der Waals surface area (Å²) in [5, 5.41) is 8.00. The smallest absolute Gasteiger partial charge is 0.219 e. The van der Waals surface area contributed by atoms with Crippen LogP contribution < -0.4 is 11.1 Å². The standard InChI is InChI=1S/C16H20N8O/c17-16-20-9-12(10-21-16)13-11-19-15-2-1-14(22-24(13)15)18-3-4-23-5-7-25-8-6-23/h1-2,9-11H,3-8H2,(H,18,22)(H2,17,20,21). The van der Waals surface area contributed by atoms with E-state index in [1.165, 1.54) is 0 Å². The third kappa shape index (κ3) is 3.52. The molecule has 4 heterocycles. The predicted octanol–water partition coefficient (Wildman–Crippen LogP) is 0.513. The van der Waals surface area contributed by atoms with Gasteiger partial charge in [0, 0.05) is 44.1 Å². The molecular formula is C16H20N8O. The summed E-state index contributed by atoms with van der Waals surface area (Å²) in [4.78, 5) is 14.8. The quantitative estimate of drug-likeness (QED) is 0.692. The highest BCUT2D eigenvalue weighted by Crippen LogP contribution is 2.19. The molecule has 4 rings (SSSR count). The van der Waals surface area contributed by atoms with Gasteiger partial charge in [-0.25, -0.2) is 19.5 Å². The van der Waals surface area contributed by atoms with E-state index in [4.69, 9.17) is 10.5 Å². The molecule has 3 N–H and O–H groups in total. The van der Waals surface area contributed by atoms with Crippen LogP contribution in [0.5, 0.6) is 0 Å². The number of nitrogen functional groups attached to an aromatic ring is 1. The van der Waals surface area contributed by atoms with E-state index in [2.05, 4.69) is 30.3 Å². The highest BCUT2D eigenvalue weighted by Gasteiger charge is 2.11. The number of anilines is 2. The predicted molar refractivity (Wildman–Crippen MR) is 94.2 cm³/mol. The second kappa shape index (κ2) is 6.99. The molecule has 130 valence electrons. The summed E-state index contributed by atoms with van der Waals surface area (Å²) in [6.45, 7) is 5.38. The first kappa shape index (κ1) is 15.7. The Balaban J connectivity index is 1.49. The van der Waals surface area contributed by atoms with Crippen molar-refractivity contribution < 1.29 is 4.74 Å². The van der Waals surface area contributed by atoms with Gasteiger partial charge in [-0.1, -0.05) is 0 Å². The fourth-order valence-electron chi connectivity index (χ4n) is 2.80. The average Bonchev–Trinajstić information content (AvgIpc) is 3.07. The van der Waals surface area contributed by atoms with Crippen LogP contribution in [0.25, 0.3) is 16.9 Å². The summed E-state index contributed by atoms with van der Waals surface area (Å²) < 4.78 is 7.15. The number of morpholine rings is 1. The number of nitrogens with two attached hydrogens (primary N) is 1. The minimum Gasteiger partial charge on any atom is -0.379 e. The zero-order valence-corrected chi connectivity index (χ0v) is 13.8. The summed E-state index contributed by atoms with van der Waals surface area (Å²) in [7, 11) is 0. The van der Waals surface area contributed by atoms with E-state index in [0.717, 1.165) is 62.1 Å². The van der Waals surface area contributed by atoms with Crippen LogP contribution in [0.3, 0.4) is 0 Å². The Labute approximate surface area is 144 Å². The Kier molecular flexibility index (Phi) is 4.40. The van der Waals surface area contributed by atoms with Gasteiger partial charge in [-0.3, -0.25) is 4.90 Å². The van der Waals surface area contributed by atoms with Gasteiger partial charge in [0.25, 0.3) is 0 Å². The second-order valence-corrected chi connectivity index (χ2v) is 5.84. The molecule has 3 aromatic heterocycles. The molecule has 25 heavy (non-hydrogen) atoms. The van der Waals surface area contributed by atoms with Gasteiger partial charge in [0.05, 0.1) is 25.1 Å². The molecule has 0 aliphatic carbocycles. The van der Waals surface area contributed by atoms with Crippen molar-refractivity contribution in [3.63, 3.8) is 0 Å². The van der Waals surface area contributed by atoms with E-state index >= 15 is 0 Å². The van der Waals surface area contributed by atoms with E-state index in [-0.39, 0.29) is 5.95 Å². The lowest BCUT2D eigenvalue weighted by Crippen LogP contribution is -2.39. The van der Waals surface area contributed by atoms with Crippen LogP contribution in [0.1, 0.15) is 0 Å². The molecule has 0 spiro atoms. The Morgan fingerprint density at radius 3 is 2.68 bits per heavy atom. The number of imidazole rings is 1. The van der Waals surface area contributed by atoms with Gasteiger partial charge >= 0.3 is 0 Å². The van der Waals surface area contributed by atoms with Crippen molar-refractivity contribution in [3.05, 3.63) is 30.7 Å². The summed E-state index contributed by atoms with van der Waals surface area (Å²) >= 11 is 0. The van der Waals surface area contributed by atoms with Crippen LogP contribution in [-0.4, -0.2) is 68.9 Å². The maximum absolute atomic E-state index is 5.55. The lowest BCUT2D eigenvalue weighted by molar-refractivity contribution is 0.0398. The molecule has 0 atom stereocenters. The molecule has 0 amide bonds. The van der Waals surface area contributed by atoms with Crippen molar-refractivity contribution >= 4 is 17.4 Å². The molecule has 9 heteroatoms. The van der Waals surface area contributed by atoms with Gasteiger partial charge in [-0.05, 0) is 12.1 Å². The molecule has 1 aliphatic heterocycles. The van der Waals surface area contributed by atoms with Crippen LogP contribution in [-0.2, 0) is 4.74 Å². The number of hydrogen-bond acceptors (Lipinski definition) is 8. The molecule has 1 aliphatic rings. The van der Waals surface area contributed by atoms with Gasteiger partial charge < -0.3 is 15.8 Å². The SMILES string of the molecule is Nc1ncc(-c2cnc3ccc(NCCN4CCOCC4)nn23)cn1. The molecule has 0 radical (unpaired) electrons. The molecular weight excluding hydrogens is 320 g/mol. The number of nitrogens with zero attached hydrogens (tertiary/aromatic N) is 6. The number of ether oxygens (including phenoxy) is 1. The van der Waals surface area contributed by atoms with Crippen molar-refractivity contribution in [1.82, 2.24) is 29.5 Å². The van der Waals surface area contributed by atoms with Crippen molar-refractivity contribution in [2.45, 2.75) is 0 Å². The Bertz CT molecular complexity index is 841. The highest BCUT2D eigenvalue weighted by molar-refractivity contribution is 5.62. The first-order chi connectivity index (χ1) is 12.3. The Morgan fingerprint density at radius 1 is 1.08 bits per heavy atom. The normalized spacial score (nSPS) is 15.5. The molecule has 1 saturated heterocycles. The first-order valence-electron chi connectivity index (χ1n) is 8.26. The van der Waals surface area contributed by atoms with Crippen LogP contribution in [0.2, 0.25) is 0 Å². The monoisotopic (exact) mass is 340 g/mol. The van der Waals surface area contributed by atoms with E-state index in [0.29, 0.717) is 0 Å². The maximum atomic E-state index is 5.55. The van der Waals surface area contributed by atoms with Crippen molar-refractivity contribution in [3.8, 4) is 11.3 Å². The van der Waals surface area contributed by atoms with Crippen LogP contribution in [0, 0.1) is 0 Å². The maximum Gasteiger partial charge on any atom is 0.219 e. The van der Waals surface area contributed by atoms with Crippen LogP contribution in [0.4, 0.5) is 11.8 Å². The van der Waals surface area contributed by atoms with Crippen molar-refractivity contribution in [2.75, 3.05) is 50.4 Å². The fourth-order valence-corrected chi connectivity index (χ4v) is 2.80. The molecule has 1 fully saturated rings. The van der Waals surface area contributed by atoms with Crippen LogP contribution >= 0.6 is 0 Å². The number of fused-ring (bicyclic) bond motifs is 1. The van der Waals surface area contributed by atoms with Crippen molar-refractivity contribution in [1.29, 1.82) is 0 Å². The average molecular weight is 340 g/mol. The van der Waals surface area contributed by atoms with E-state index in [1.54, 1.807) is 23.1 Å². The van der Waals surface area contributed by atoms with Gasteiger partial charge in [-0.2, -0.15) is 0 Å². The van der Waals surface area contributed by atoms with Crippen LogP contribution in [0.15, 0.2) is 30.7 Å². The molecule has 3 aromatic rings. The van der Waals surface area contributed by atoms with Gasteiger partial charge in [0.1, 0.15) is 5.82 Å². The molecule has 0 aromatic carbocycles. The topological polar surface area (TPSA) is 106 Å². The lowest BCUT2D eigenvalue weighted by atomic mass is 10.3. The molecule has 0 saturated carbocycles. The minimum atomic E-state index is 0.246. The fraction of sp³-hybridized carbons (Fsp3) is 0.375. The minimum absolute atomic E-state index is 0.246. The Morgan fingerprint density at radius 2 is 1.88 bits per heavy atom. The Hall–Kier alpha value is -2.78. The van der Waals surface area contributed by atoms with Crippen molar-refractivity contribution in [2.24, 2.45) is 0 Å². The summed E-state index contributed by atoms with van der Waals surface area (Å²) in [5.41, 5.74) is 7.97. The second-order valence-electron chi connectivity index (χ2n) is 5.84. The largest absolute Gasteiger partial charge is 0.379 e. The number of nitrogens with one attached hydrogen (secondary N) is 1.